The lowest BCUT2D eigenvalue weighted by Crippen LogP contribution is -2.36. The van der Waals surface area contributed by atoms with Crippen LogP contribution < -0.4 is 5.32 Å². The molecular formula is C16H18ClF2NO. The van der Waals surface area contributed by atoms with E-state index in [4.69, 9.17) is 11.6 Å². The highest BCUT2D eigenvalue weighted by Crippen LogP contribution is 2.63. The largest absolute Gasteiger partial charge is 0.351 e. The van der Waals surface area contributed by atoms with Crippen LogP contribution >= 0.6 is 11.6 Å². The summed E-state index contributed by atoms with van der Waals surface area (Å²) in [5, 5.41) is 3.20. The molecular weight excluding hydrogens is 296 g/mol. The van der Waals surface area contributed by atoms with Crippen molar-refractivity contribution in [3.8, 4) is 0 Å². The summed E-state index contributed by atoms with van der Waals surface area (Å²) in [5.74, 6) is -0.395. The van der Waals surface area contributed by atoms with E-state index >= 15 is 0 Å². The molecule has 0 spiro atoms. The molecule has 1 atom stereocenters. The summed E-state index contributed by atoms with van der Waals surface area (Å²) < 4.78 is 28.9. The molecule has 2 nitrogen and oxygen atoms in total. The SMILES string of the molecule is Cc1c(Cl)ccc(F)c1C(NC=O)C12CCC(F)(CC1)C2. The Balaban J connectivity index is 2.08. The molecule has 1 unspecified atom stereocenters. The van der Waals surface area contributed by atoms with Crippen molar-refractivity contribution in [2.24, 2.45) is 5.41 Å². The highest BCUT2D eigenvalue weighted by atomic mass is 35.5. The van der Waals surface area contributed by atoms with E-state index in [0.717, 1.165) is 0 Å². The van der Waals surface area contributed by atoms with Gasteiger partial charge in [0.15, 0.2) is 0 Å². The van der Waals surface area contributed by atoms with Crippen molar-refractivity contribution in [3.63, 3.8) is 0 Å². The molecule has 0 saturated heterocycles. The fraction of sp³-hybridized carbons (Fsp3) is 0.562. The number of hydrogen-bond donors (Lipinski definition) is 1. The second-order valence-corrected chi connectivity index (χ2v) is 6.88. The van der Waals surface area contributed by atoms with Crippen molar-refractivity contribution < 1.29 is 13.6 Å². The number of fused-ring (bicyclic) bond motifs is 2. The molecule has 5 heteroatoms. The van der Waals surface area contributed by atoms with Crippen LogP contribution in [0.15, 0.2) is 12.1 Å². The third kappa shape index (κ3) is 2.24. The summed E-state index contributed by atoms with van der Waals surface area (Å²) in [5.41, 5.74) is -0.521. The monoisotopic (exact) mass is 313 g/mol. The van der Waals surface area contributed by atoms with E-state index in [0.29, 0.717) is 54.7 Å². The smallest absolute Gasteiger partial charge is 0.207 e. The summed E-state index contributed by atoms with van der Waals surface area (Å²) in [6.45, 7) is 1.74. The summed E-state index contributed by atoms with van der Waals surface area (Å²) in [6, 6.07) is 2.30. The Bertz CT molecular complexity index is 582. The molecule has 114 valence electrons. The lowest BCUT2D eigenvalue weighted by atomic mass is 9.73. The number of benzene rings is 1. The predicted octanol–water partition coefficient (Wildman–Crippen LogP) is 4.25. The highest BCUT2D eigenvalue weighted by Gasteiger charge is 2.58. The lowest BCUT2D eigenvalue weighted by molar-refractivity contribution is -0.111. The van der Waals surface area contributed by atoms with Gasteiger partial charge in [-0.3, -0.25) is 4.79 Å². The first-order chi connectivity index (χ1) is 9.91. The highest BCUT2D eigenvalue weighted by molar-refractivity contribution is 6.31. The fourth-order valence-corrected chi connectivity index (χ4v) is 4.39. The Morgan fingerprint density at radius 1 is 1.33 bits per heavy atom. The van der Waals surface area contributed by atoms with Crippen LogP contribution in [0.25, 0.3) is 0 Å². The van der Waals surface area contributed by atoms with Gasteiger partial charge in [0.25, 0.3) is 0 Å². The number of amides is 1. The number of rotatable bonds is 4. The number of carbonyl (C=O) groups excluding carboxylic acids is 1. The maximum Gasteiger partial charge on any atom is 0.207 e. The molecule has 0 aliphatic heterocycles. The van der Waals surface area contributed by atoms with Crippen molar-refractivity contribution in [1.82, 2.24) is 5.32 Å². The van der Waals surface area contributed by atoms with Crippen LogP contribution in [0.5, 0.6) is 0 Å². The Morgan fingerprint density at radius 2 is 2.00 bits per heavy atom. The first-order valence-electron chi connectivity index (χ1n) is 7.24. The number of alkyl halides is 1. The molecule has 0 aromatic heterocycles. The summed E-state index contributed by atoms with van der Waals surface area (Å²) in [4.78, 5) is 11.0. The molecule has 1 aromatic rings. The van der Waals surface area contributed by atoms with Crippen LogP contribution in [0.2, 0.25) is 5.02 Å². The van der Waals surface area contributed by atoms with Crippen LogP contribution in [-0.2, 0) is 4.79 Å². The molecule has 2 aliphatic rings. The normalized spacial score (nSPS) is 32.2. The molecule has 2 aliphatic carbocycles. The van der Waals surface area contributed by atoms with Gasteiger partial charge in [0.05, 0.1) is 6.04 Å². The zero-order valence-electron chi connectivity index (χ0n) is 11.9. The van der Waals surface area contributed by atoms with Gasteiger partial charge in [-0.15, -0.1) is 0 Å². The molecule has 1 amide bonds. The van der Waals surface area contributed by atoms with Gasteiger partial charge in [-0.1, -0.05) is 11.6 Å². The molecule has 0 radical (unpaired) electrons. The Labute approximate surface area is 127 Å². The Morgan fingerprint density at radius 3 is 2.52 bits per heavy atom. The Hall–Kier alpha value is -1.16. The fourth-order valence-electron chi connectivity index (χ4n) is 4.23. The van der Waals surface area contributed by atoms with Gasteiger partial charge in [0.1, 0.15) is 11.5 Å². The Kier molecular flexibility index (Phi) is 3.47. The van der Waals surface area contributed by atoms with Crippen LogP contribution in [-0.4, -0.2) is 12.1 Å². The minimum Gasteiger partial charge on any atom is -0.351 e. The third-order valence-electron chi connectivity index (χ3n) is 5.34. The van der Waals surface area contributed by atoms with E-state index < -0.39 is 22.9 Å². The standard InChI is InChI=1S/C16H18ClF2NO/c1-10-11(17)2-3-12(18)13(10)14(20-9-21)15-4-6-16(19,8-15)7-5-15/h2-3,9,14H,4-8H2,1H3,(H,20,21). The van der Waals surface area contributed by atoms with Gasteiger partial charge in [-0.05, 0) is 62.1 Å². The van der Waals surface area contributed by atoms with Gasteiger partial charge in [-0.25, -0.2) is 8.78 Å². The van der Waals surface area contributed by atoms with E-state index in [1.54, 1.807) is 6.92 Å². The molecule has 2 bridgehead atoms. The quantitative estimate of drug-likeness (QED) is 0.827. The molecule has 21 heavy (non-hydrogen) atoms. The van der Waals surface area contributed by atoms with E-state index in [1.807, 2.05) is 0 Å². The first kappa shape index (κ1) is 14.8. The van der Waals surface area contributed by atoms with Crippen molar-refractivity contribution in [2.45, 2.75) is 50.7 Å². The second kappa shape index (κ2) is 4.94. The molecule has 1 N–H and O–H groups in total. The minimum absolute atomic E-state index is 0.386. The van der Waals surface area contributed by atoms with Gasteiger partial charge in [0, 0.05) is 10.6 Å². The average molecular weight is 314 g/mol. The van der Waals surface area contributed by atoms with Gasteiger partial charge in [-0.2, -0.15) is 0 Å². The van der Waals surface area contributed by atoms with E-state index in [-0.39, 0.29) is 0 Å². The number of halogens is 3. The summed E-state index contributed by atoms with van der Waals surface area (Å²) in [6.07, 6.45) is 3.28. The molecule has 2 fully saturated rings. The second-order valence-electron chi connectivity index (χ2n) is 6.48. The first-order valence-corrected chi connectivity index (χ1v) is 7.62. The molecule has 3 rings (SSSR count). The molecule has 1 aromatic carbocycles. The molecule has 0 heterocycles. The zero-order chi connectivity index (χ0) is 15.3. The van der Waals surface area contributed by atoms with Crippen molar-refractivity contribution >= 4 is 18.0 Å². The van der Waals surface area contributed by atoms with Crippen molar-refractivity contribution in [3.05, 3.63) is 34.1 Å². The average Bonchev–Trinajstić information content (AvgIpc) is 2.97. The number of hydrogen-bond acceptors (Lipinski definition) is 1. The topological polar surface area (TPSA) is 29.1 Å². The predicted molar refractivity (Wildman–Crippen MR) is 77.4 cm³/mol. The molecule has 2 saturated carbocycles. The van der Waals surface area contributed by atoms with E-state index in [2.05, 4.69) is 5.32 Å². The van der Waals surface area contributed by atoms with Crippen LogP contribution in [0.1, 0.15) is 49.3 Å². The maximum absolute atomic E-state index is 14.5. The zero-order valence-corrected chi connectivity index (χ0v) is 12.6. The summed E-state index contributed by atoms with van der Waals surface area (Å²) in [7, 11) is 0. The van der Waals surface area contributed by atoms with Crippen LogP contribution in [0.3, 0.4) is 0 Å². The summed E-state index contributed by atoms with van der Waals surface area (Å²) >= 11 is 6.11. The minimum atomic E-state index is -1.15. The lowest BCUT2D eigenvalue weighted by Gasteiger charge is -2.36. The van der Waals surface area contributed by atoms with Gasteiger partial charge < -0.3 is 5.32 Å². The maximum atomic E-state index is 14.5. The van der Waals surface area contributed by atoms with Gasteiger partial charge >= 0.3 is 0 Å². The van der Waals surface area contributed by atoms with E-state index in [9.17, 15) is 13.6 Å². The van der Waals surface area contributed by atoms with Crippen molar-refractivity contribution in [1.29, 1.82) is 0 Å². The van der Waals surface area contributed by atoms with Crippen molar-refractivity contribution in [2.75, 3.05) is 0 Å². The number of nitrogens with one attached hydrogen (secondary N) is 1. The van der Waals surface area contributed by atoms with Gasteiger partial charge in [0.2, 0.25) is 6.41 Å². The van der Waals surface area contributed by atoms with Crippen LogP contribution in [0.4, 0.5) is 8.78 Å². The number of carbonyl (C=O) groups is 1. The van der Waals surface area contributed by atoms with Crippen LogP contribution in [0, 0.1) is 18.2 Å². The van der Waals surface area contributed by atoms with E-state index in [1.165, 1.54) is 12.1 Å². The third-order valence-corrected chi connectivity index (χ3v) is 5.75.